The Kier molecular flexibility index (Phi) is 3.40. The van der Waals surface area contributed by atoms with Gasteiger partial charge < -0.3 is 0 Å². The Labute approximate surface area is 139 Å². The zero-order chi connectivity index (χ0) is 15.3. The highest BCUT2D eigenvalue weighted by molar-refractivity contribution is 7.19. The quantitative estimate of drug-likeness (QED) is 0.679. The zero-order valence-corrected chi connectivity index (χ0v) is 13.9. The molecule has 0 atom stereocenters. The highest BCUT2D eigenvalue weighted by Gasteiger charge is 2.22. The van der Waals surface area contributed by atoms with Crippen LogP contribution in [0.1, 0.15) is 26.5 Å². The molecule has 0 fully saturated rings. The average molecular weight is 351 g/mol. The van der Waals surface area contributed by atoms with E-state index >= 15 is 0 Å². The zero-order valence-electron chi connectivity index (χ0n) is 11.5. The van der Waals surface area contributed by atoms with E-state index in [-0.39, 0.29) is 17.9 Å². The third kappa shape index (κ3) is 2.22. The molecule has 0 radical (unpaired) electrons. The monoisotopic (exact) mass is 350 g/mol. The van der Waals surface area contributed by atoms with E-state index in [1.54, 1.807) is 23.5 Å². The first-order valence-electron chi connectivity index (χ1n) is 6.91. The first-order chi connectivity index (χ1) is 10.6. The molecule has 4 rings (SSSR count). The van der Waals surface area contributed by atoms with E-state index in [0.29, 0.717) is 14.6 Å². The topological polar surface area (TPSA) is 52.0 Å². The molecule has 0 saturated carbocycles. The Morgan fingerprint density at radius 2 is 2.18 bits per heavy atom. The fourth-order valence-electron chi connectivity index (χ4n) is 2.83. The number of fused-ring (bicyclic) bond motifs is 3. The lowest BCUT2D eigenvalue weighted by Crippen LogP contribution is -2.24. The lowest BCUT2D eigenvalue weighted by Gasteiger charge is -2.04. The van der Waals surface area contributed by atoms with Crippen LogP contribution in [0.25, 0.3) is 10.2 Å². The number of thiophene rings is 2. The van der Waals surface area contributed by atoms with Gasteiger partial charge in [0.05, 0.1) is 27.5 Å². The predicted octanol–water partition coefficient (Wildman–Crippen LogP) is 3.54. The number of nitrogens with zero attached hydrogens (tertiary/aromatic N) is 2. The summed E-state index contributed by atoms with van der Waals surface area (Å²) in [5.41, 5.74) is 1.03. The molecule has 112 valence electrons. The molecule has 3 aromatic rings. The Bertz CT molecular complexity index is 954. The summed E-state index contributed by atoms with van der Waals surface area (Å²) in [7, 11) is 0. The molecule has 1 aliphatic rings. The molecule has 7 heteroatoms. The molecule has 3 aromatic heterocycles. The maximum atomic E-state index is 12.7. The number of rotatable bonds is 3. The molecule has 3 heterocycles. The van der Waals surface area contributed by atoms with Crippen molar-refractivity contribution in [3.05, 3.63) is 48.5 Å². The second-order valence-electron chi connectivity index (χ2n) is 5.24. The van der Waals surface area contributed by atoms with E-state index in [1.807, 2.05) is 0 Å². The summed E-state index contributed by atoms with van der Waals surface area (Å²) < 4.78 is 1.98. The van der Waals surface area contributed by atoms with Crippen LogP contribution < -0.4 is 5.56 Å². The van der Waals surface area contributed by atoms with Crippen molar-refractivity contribution >= 4 is 50.3 Å². The summed E-state index contributed by atoms with van der Waals surface area (Å²) in [5.74, 6) is -0.118. The van der Waals surface area contributed by atoms with Crippen molar-refractivity contribution in [1.29, 1.82) is 0 Å². The van der Waals surface area contributed by atoms with Gasteiger partial charge in [-0.25, -0.2) is 4.98 Å². The van der Waals surface area contributed by atoms with Gasteiger partial charge in [-0.3, -0.25) is 14.2 Å². The Balaban J connectivity index is 1.75. The van der Waals surface area contributed by atoms with Crippen LogP contribution in [-0.4, -0.2) is 15.3 Å². The van der Waals surface area contributed by atoms with Crippen LogP contribution in [0.2, 0.25) is 4.34 Å². The van der Waals surface area contributed by atoms with Crippen molar-refractivity contribution in [3.8, 4) is 0 Å². The number of aromatic nitrogens is 2. The molecule has 0 bridgehead atoms. The van der Waals surface area contributed by atoms with Crippen LogP contribution in [0, 0.1) is 0 Å². The molecule has 0 aliphatic heterocycles. The van der Waals surface area contributed by atoms with Crippen molar-refractivity contribution in [3.63, 3.8) is 0 Å². The third-order valence-corrected chi connectivity index (χ3v) is 6.33. The Hall–Kier alpha value is -1.50. The van der Waals surface area contributed by atoms with Crippen LogP contribution >= 0.6 is 34.3 Å². The van der Waals surface area contributed by atoms with Gasteiger partial charge in [-0.05, 0) is 37.0 Å². The van der Waals surface area contributed by atoms with Crippen LogP contribution in [0.5, 0.6) is 0 Å². The number of halogens is 1. The third-order valence-electron chi connectivity index (χ3n) is 3.85. The van der Waals surface area contributed by atoms with Crippen molar-refractivity contribution < 1.29 is 4.79 Å². The van der Waals surface area contributed by atoms with Gasteiger partial charge in [0, 0.05) is 4.88 Å². The van der Waals surface area contributed by atoms with Gasteiger partial charge in [0.1, 0.15) is 4.83 Å². The van der Waals surface area contributed by atoms with E-state index in [9.17, 15) is 9.59 Å². The SMILES string of the molecule is O=C(Cn1cnc2sc3c(c2c1=O)CCC3)c1ccc(Cl)s1. The van der Waals surface area contributed by atoms with E-state index < -0.39 is 0 Å². The van der Waals surface area contributed by atoms with Crippen molar-refractivity contribution in [1.82, 2.24) is 9.55 Å². The van der Waals surface area contributed by atoms with Gasteiger partial charge in [0.25, 0.3) is 5.56 Å². The number of carbonyl (C=O) groups excluding carboxylic acids is 1. The largest absolute Gasteiger partial charge is 0.291 e. The first-order valence-corrected chi connectivity index (χ1v) is 8.93. The molecule has 0 N–H and O–H groups in total. The second-order valence-corrected chi connectivity index (χ2v) is 8.04. The van der Waals surface area contributed by atoms with Gasteiger partial charge in [-0.15, -0.1) is 22.7 Å². The molecule has 0 amide bonds. The van der Waals surface area contributed by atoms with Gasteiger partial charge >= 0.3 is 0 Å². The molecule has 0 unspecified atom stereocenters. The molecule has 0 aromatic carbocycles. The predicted molar refractivity (Wildman–Crippen MR) is 89.6 cm³/mol. The highest BCUT2D eigenvalue weighted by Crippen LogP contribution is 2.34. The molecular weight excluding hydrogens is 340 g/mol. The number of Topliss-reactive ketones (excluding diaryl/α,β-unsaturated/α-hetero) is 1. The highest BCUT2D eigenvalue weighted by atomic mass is 35.5. The minimum Gasteiger partial charge on any atom is -0.291 e. The van der Waals surface area contributed by atoms with Crippen LogP contribution in [0.15, 0.2) is 23.3 Å². The summed E-state index contributed by atoms with van der Waals surface area (Å²) in [4.78, 5) is 31.9. The van der Waals surface area contributed by atoms with Crippen LogP contribution in [-0.2, 0) is 19.4 Å². The summed E-state index contributed by atoms with van der Waals surface area (Å²) in [6, 6.07) is 3.38. The number of carbonyl (C=O) groups is 1. The summed E-state index contributed by atoms with van der Waals surface area (Å²) >= 11 is 8.68. The minimum absolute atomic E-state index is 0.00321. The summed E-state index contributed by atoms with van der Waals surface area (Å²) in [6.45, 7) is 0.00321. The molecule has 22 heavy (non-hydrogen) atoms. The van der Waals surface area contributed by atoms with E-state index in [4.69, 9.17) is 11.6 Å². The molecule has 4 nitrogen and oxygen atoms in total. The summed E-state index contributed by atoms with van der Waals surface area (Å²) in [5, 5.41) is 0.706. The fraction of sp³-hybridized carbons (Fsp3) is 0.267. The first kappa shape index (κ1) is 14.1. The maximum Gasteiger partial charge on any atom is 0.262 e. The number of aryl methyl sites for hydroxylation is 2. The van der Waals surface area contributed by atoms with E-state index in [1.165, 1.54) is 27.1 Å². The standard InChI is InChI=1S/C15H11ClN2O2S2/c16-12-5-4-11(21-12)9(19)6-18-7-17-14-13(15(18)20)8-2-1-3-10(8)22-14/h4-5,7H,1-3,6H2. The summed E-state index contributed by atoms with van der Waals surface area (Å²) in [6.07, 6.45) is 4.54. The molecular formula is C15H11ClN2O2S2. The van der Waals surface area contributed by atoms with Crippen molar-refractivity contribution in [2.45, 2.75) is 25.8 Å². The van der Waals surface area contributed by atoms with E-state index in [2.05, 4.69) is 4.98 Å². The number of hydrogen-bond donors (Lipinski definition) is 0. The van der Waals surface area contributed by atoms with Crippen LogP contribution in [0.3, 0.4) is 0 Å². The Morgan fingerprint density at radius 1 is 1.32 bits per heavy atom. The Morgan fingerprint density at radius 3 is 2.95 bits per heavy atom. The fourth-order valence-corrected chi connectivity index (χ4v) is 5.02. The molecule has 0 spiro atoms. The van der Waals surface area contributed by atoms with Crippen molar-refractivity contribution in [2.24, 2.45) is 0 Å². The van der Waals surface area contributed by atoms with Gasteiger partial charge in [0.15, 0.2) is 5.78 Å². The van der Waals surface area contributed by atoms with E-state index in [0.717, 1.165) is 29.7 Å². The van der Waals surface area contributed by atoms with Crippen molar-refractivity contribution in [2.75, 3.05) is 0 Å². The van der Waals surface area contributed by atoms with Gasteiger partial charge in [-0.1, -0.05) is 11.6 Å². The van der Waals surface area contributed by atoms with Gasteiger partial charge in [-0.2, -0.15) is 0 Å². The molecule has 0 saturated heterocycles. The van der Waals surface area contributed by atoms with Crippen LogP contribution in [0.4, 0.5) is 0 Å². The number of ketones is 1. The molecule has 1 aliphatic carbocycles. The second kappa shape index (κ2) is 5.30. The smallest absolute Gasteiger partial charge is 0.262 e. The minimum atomic E-state index is -0.118. The lowest BCUT2D eigenvalue weighted by molar-refractivity contribution is 0.0974. The normalized spacial score (nSPS) is 13.7. The lowest BCUT2D eigenvalue weighted by atomic mass is 10.2. The average Bonchev–Trinajstić information content (AvgIpc) is 3.16. The van der Waals surface area contributed by atoms with Gasteiger partial charge in [0.2, 0.25) is 0 Å². The maximum absolute atomic E-state index is 12.7. The number of hydrogen-bond acceptors (Lipinski definition) is 5.